The largest absolute Gasteiger partial charge is 0.508 e. The van der Waals surface area contributed by atoms with Gasteiger partial charge >= 0.3 is 5.97 Å². The molecule has 6 amide bonds. The van der Waals surface area contributed by atoms with Crippen molar-refractivity contribution in [2.24, 2.45) is 11.7 Å². The summed E-state index contributed by atoms with van der Waals surface area (Å²) in [5, 5.41) is 42.6. The minimum atomic E-state index is -1.54. The Balaban J connectivity index is 3.01. The van der Waals surface area contributed by atoms with Gasteiger partial charge in [-0.05, 0) is 43.9 Å². The number of carbonyl (C=O) groups excluding carboxylic acids is 6. The van der Waals surface area contributed by atoms with Gasteiger partial charge in [0.2, 0.25) is 35.4 Å². The smallest absolute Gasteiger partial charge is 0.322 e. The van der Waals surface area contributed by atoms with Crippen LogP contribution >= 0.6 is 0 Å². The number of aromatic hydroxyl groups is 1. The molecule has 0 saturated carbocycles. The Labute approximate surface area is 260 Å². The van der Waals surface area contributed by atoms with E-state index in [1.54, 1.807) is 13.8 Å². The van der Waals surface area contributed by atoms with Crippen LogP contribution < -0.4 is 37.6 Å². The minimum Gasteiger partial charge on any atom is -0.508 e. The molecule has 45 heavy (non-hydrogen) atoms. The molecule has 250 valence electrons. The summed E-state index contributed by atoms with van der Waals surface area (Å²) in [6, 6.07) is 0.879. The summed E-state index contributed by atoms with van der Waals surface area (Å²) in [7, 11) is 0. The fraction of sp³-hybridized carbons (Fsp3) is 0.536. The van der Waals surface area contributed by atoms with Crippen molar-refractivity contribution in [1.29, 1.82) is 0 Å². The number of hydrogen-bond donors (Lipinski definition) is 10. The molecule has 0 fully saturated rings. The van der Waals surface area contributed by atoms with Crippen LogP contribution in [0.4, 0.5) is 0 Å². The molecule has 1 rings (SSSR count). The number of aliphatic hydroxyl groups is 1. The number of phenols is 1. The highest BCUT2D eigenvalue weighted by Gasteiger charge is 2.31. The summed E-state index contributed by atoms with van der Waals surface area (Å²) >= 11 is 0. The van der Waals surface area contributed by atoms with Gasteiger partial charge < -0.3 is 53.0 Å². The molecule has 0 unspecified atom stereocenters. The first-order chi connectivity index (χ1) is 21.0. The molecule has 17 heteroatoms. The second kappa shape index (κ2) is 18.8. The summed E-state index contributed by atoms with van der Waals surface area (Å²) in [5.41, 5.74) is 5.93. The molecule has 11 N–H and O–H groups in total. The molecule has 1 aromatic carbocycles. The number of carboxylic acid groups (broad SMARTS) is 1. The van der Waals surface area contributed by atoms with E-state index in [9.17, 15) is 43.8 Å². The van der Waals surface area contributed by atoms with Crippen LogP contribution in [0, 0.1) is 5.92 Å². The number of nitrogens with two attached hydrogens (primary N) is 1. The zero-order valence-corrected chi connectivity index (χ0v) is 25.6. The monoisotopic (exact) mass is 637 g/mol. The zero-order chi connectivity index (χ0) is 34.3. The van der Waals surface area contributed by atoms with Crippen molar-refractivity contribution in [2.45, 2.75) is 70.8 Å². The van der Waals surface area contributed by atoms with Gasteiger partial charge in [0, 0.05) is 6.42 Å². The highest BCUT2D eigenvalue weighted by Crippen LogP contribution is 2.12. The number of aliphatic hydroxyl groups excluding tert-OH is 1. The first kappa shape index (κ1) is 38.3. The molecule has 0 radical (unpaired) electrons. The highest BCUT2D eigenvalue weighted by molar-refractivity contribution is 5.95. The first-order valence-electron chi connectivity index (χ1n) is 14.2. The van der Waals surface area contributed by atoms with Crippen molar-refractivity contribution in [3.8, 4) is 5.75 Å². The molecule has 0 heterocycles. The van der Waals surface area contributed by atoms with Gasteiger partial charge in [0.05, 0.1) is 25.2 Å². The SMILES string of the molecule is CC(C)C[C@H](NC(=O)CNC(=O)[C@H](Cc1ccc(O)cc1)NC(=O)[C@@H](NC(=O)CNC(=O)[C@H](C)N)[C@@H](C)O)C(=O)NCC(=O)O. The molecule has 0 aliphatic heterocycles. The van der Waals surface area contributed by atoms with Crippen LogP contribution in [-0.4, -0.2) is 107 Å². The predicted molar refractivity (Wildman–Crippen MR) is 159 cm³/mol. The van der Waals surface area contributed by atoms with Crippen molar-refractivity contribution >= 4 is 41.4 Å². The fourth-order valence-corrected chi connectivity index (χ4v) is 3.82. The van der Waals surface area contributed by atoms with Crippen LogP contribution in [-0.2, 0) is 40.0 Å². The molecular formula is C28H43N7O10. The summed E-state index contributed by atoms with van der Waals surface area (Å²) in [6.45, 7) is 4.43. The van der Waals surface area contributed by atoms with Crippen LogP contribution in [0.1, 0.15) is 39.7 Å². The maximum absolute atomic E-state index is 13.2. The lowest BCUT2D eigenvalue weighted by atomic mass is 10.0. The predicted octanol–water partition coefficient (Wildman–Crippen LogP) is -3.40. The van der Waals surface area contributed by atoms with Crippen molar-refractivity contribution in [3.05, 3.63) is 29.8 Å². The van der Waals surface area contributed by atoms with Crippen molar-refractivity contribution in [2.75, 3.05) is 19.6 Å². The van der Waals surface area contributed by atoms with Gasteiger partial charge in [0.15, 0.2) is 0 Å². The quantitative estimate of drug-likeness (QED) is 0.0757. The summed E-state index contributed by atoms with van der Waals surface area (Å²) < 4.78 is 0. The fourth-order valence-electron chi connectivity index (χ4n) is 3.82. The van der Waals surface area contributed by atoms with E-state index >= 15 is 0 Å². The minimum absolute atomic E-state index is 0.0446. The molecule has 0 bridgehead atoms. The standard InChI is InChI=1S/C28H43N7O10/c1-14(2)9-19(26(43)32-13-23(40)41)33-21(38)11-31-27(44)20(10-17-5-7-18(37)8-6-17)34-28(45)24(16(4)36)35-22(39)12-30-25(42)15(3)29/h5-8,14-16,19-20,24,36-37H,9-13,29H2,1-4H3,(H,30,42)(H,31,44)(H,32,43)(H,33,38)(H,34,45)(H,35,39)(H,40,41)/t15-,16+,19-,20-,24-/m0/s1. The summed E-state index contributed by atoms with van der Waals surface area (Å²) in [4.78, 5) is 86.1. The van der Waals surface area contributed by atoms with E-state index in [1.807, 2.05) is 0 Å². The third-order valence-electron chi connectivity index (χ3n) is 6.12. The number of rotatable bonds is 18. The van der Waals surface area contributed by atoms with E-state index in [0.29, 0.717) is 5.56 Å². The van der Waals surface area contributed by atoms with Crippen LogP contribution in [0.5, 0.6) is 5.75 Å². The number of aliphatic carboxylic acids is 1. The number of carboxylic acids is 1. The number of nitrogens with one attached hydrogen (secondary N) is 6. The molecular weight excluding hydrogens is 594 g/mol. The van der Waals surface area contributed by atoms with Crippen LogP contribution in [0.3, 0.4) is 0 Å². The Morgan fingerprint density at radius 1 is 0.711 bits per heavy atom. The van der Waals surface area contributed by atoms with Crippen molar-refractivity contribution in [1.82, 2.24) is 31.9 Å². The Hall–Kier alpha value is -4.77. The zero-order valence-electron chi connectivity index (χ0n) is 25.6. The van der Waals surface area contributed by atoms with Gasteiger partial charge in [-0.25, -0.2) is 0 Å². The molecule has 0 spiro atoms. The van der Waals surface area contributed by atoms with E-state index in [4.69, 9.17) is 10.8 Å². The van der Waals surface area contributed by atoms with Gasteiger partial charge in [0.25, 0.3) is 0 Å². The molecule has 0 saturated heterocycles. The highest BCUT2D eigenvalue weighted by atomic mass is 16.4. The topological polar surface area (TPSA) is 278 Å². The average molecular weight is 638 g/mol. The summed E-state index contributed by atoms with van der Waals surface area (Å²) in [6.07, 6.45) is -1.37. The third-order valence-corrected chi connectivity index (χ3v) is 6.12. The lowest BCUT2D eigenvalue weighted by Gasteiger charge is -2.25. The Morgan fingerprint density at radius 3 is 1.73 bits per heavy atom. The maximum atomic E-state index is 13.2. The number of amides is 6. The molecule has 0 aliphatic carbocycles. The van der Waals surface area contributed by atoms with Gasteiger partial charge in [-0.3, -0.25) is 33.6 Å². The van der Waals surface area contributed by atoms with Crippen molar-refractivity contribution < 1.29 is 48.9 Å². The van der Waals surface area contributed by atoms with Gasteiger partial charge in [0.1, 0.15) is 30.4 Å². The Bertz CT molecular complexity index is 1200. The lowest BCUT2D eigenvalue weighted by molar-refractivity contribution is -0.138. The van der Waals surface area contributed by atoms with E-state index in [1.165, 1.54) is 38.1 Å². The third kappa shape index (κ3) is 15.0. The van der Waals surface area contributed by atoms with E-state index < -0.39 is 91.3 Å². The molecule has 17 nitrogen and oxygen atoms in total. The Kier molecular flexibility index (Phi) is 16.0. The van der Waals surface area contributed by atoms with Gasteiger partial charge in [-0.15, -0.1) is 0 Å². The normalized spacial score (nSPS) is 14.1. The maximum Gasteiger partial charge on any atom is 0.322 e. The van der Waals surface area contributed by atoms with E-state index in [2.05, 4.69) is 31.9 Å². The second-order valence-electron chi connectivity index (χ2n) is 10.8. The van der Waals surface area contributed by atoms with Crippen molar-refractivity contribution in [3.63, 3.8) is 0 Å². The molecule has 1 aromatic rings. The summed E-state index contributed by atoms with van der Waals surface area (Å²) in [5.74, 6) is -6.06. The molecule has 0 aromatic heterocycles. The van der Waals surface area contributed by atoms with Crippen LogP contribution in [0.25, 0.3) is 0 Å². The van der Waals surface area contributed by atoms with Gasteiger partial charge in [-0.1, -0.05) is 26.0 Å². The second-order valence-corrected chi connectivity index (χ2v) is 10.8. The lowest BCUT2D eigenvalue weighted by Crippen LogP contribution is -2.59. The van der Waals surface area contributed by atoms with Gasteiger partial charge in [-0.2, -0.15) is 0 Å². The number of carbonyl (C=O) groups is 7. The number of benzene rings is 1. The van der Waals surface area contributed by atoms with Crippen LogP contribution in [0.15, 0.2) is 24.3 Å². The molecule has 0 aliphatic rings. The Morgan fingerprint density at radius 2 is 1.22 bits per heavy atom. The van der Waals surface area contributed by atoms with Crippen LogP contribution in [0.2, 0.25) is 0 Å². The first-order valence-corrected chi connectivity index (χ1v) is 14.2. The number of phenolic OH excluding ortho intramolecular Hbond substituents is 1. The number of hydrogen-bond acceptors (Lipinski definition) is 10. The van der Waals surface area contributed by atoms with E-state index in [-0.39, 0.29) is 24.5 Å². The molecule has 5 atom stereocenters. The van der Waals surface area contributed by atoms with E-state index in [0.717, 1.165) is 0 Å². The average Bonchev–Trinajstić information content (AvgIpc) is 2.95.